The second kappa shape index (κ2) is 4.63. The van der Waals surface area contributed by atoms with E-state index in [2.05, 4.69) is 9.97 Å². The fourth-order valence-electron chi connectivity index (χ4n) is 1.35. The molecule has 0 bridgehead atoms. The zero-order chi connectivity index (χ0) is 12.4. The average Bonchev–Trinajstić information content (AvgIpc) is 2.26. The van der Waals surface area contributed by atoms with E-state index in [0.717, 1.165) is 16.2 Å². The minimum absolute atomic E-state index is 0.114. The Bertz CT molecular complexity index is 558. The molecule has 2 aromatic rings. The number of hydrogen-bond donors (Lipinski definition) is 2. The van der Waals surface area contributed by atoms with Crippen LogP contribution in [0, 0.1) is 13.8 Å². The molecule has 1 heterocycles. The number of benzene rings is 1. The highest BCUT2D eigenvalue weighted by Crippen LogP contribution is 2.35. The molecule has 4 nitrogen and oxygen atoms in total. The summed E-state index contributed by atoms with van der Waals surface area (Å²) < 4.78 is 0. The van der Waals surface area contributed by atoms with Crippen LogP contribution in [0.5, 0.6) is 11.5 Å². The molecule has 0 radical (unpaired) electrons. The van der Waals surface area contributed by atoms with Crippen molar-refractivity contribution < 1.29 is 10.2 Å². The molecule has 0 aliphatic carbocycles. The van der Waals surface area contributed by atoms with E-state index in [1.165, 1.54) is 23.9 Å². The first-order valence-electron chi connectivity index (χ1n) is 5.06. The van der Waals surface area contributed by atoms with Crippen LogP contribution in [-0.2, 0) is 0 Å². The van der Waals surface area contributed by atoms with Gasteiger partial charge in [0.2, 0.25) is 0 Å². The van der Waals surface area contributed by atoms with E-state index in [1.807, 2.05) is 19.9 Å². The van der Waals surface area contributed by atoms with Gasteiger partial charge in [0.15, 0.2) is 16.7 Å². The number of phenols is 2. The van der Waals surface area contributed by atoms with Gasteiger partial charge in [-0.1, -0.05) is 0 Å². The zero-order valence-corrected chi connectivity index (χ0v) is 10.3. The van der Waals surface area contributed by atoms with Gasteiger partial charge in [-0.05, 0) is 49.4 Å². The number of rotatable bonds is 2. The Balaban J connectivity index is 2.33. The van der Waals surface area contributed by atoms with Crippen LogP contribution >= 0.6 is 11.8 Å². The number of aromatic nitrogens is 2. The summed E-state index contributed by atoms with van der Waals surface area (Å²) in [6.07, 6.45) is 1.69. The molecule has 1 aromatic heterocycles. The second-order valence-electron chi connectivity index (χ2n) is 3.69. The molecule has 0 unspecified atom stereocenters. The van der Waals surface area contributed by atoms with Gasteiger partial charge in [-0.15, -0.1) is 0 Å². The van der Waals surface area contributed by atoms with Crippen molar-refractivity contribution in [2.24, 2.45) is 0 Å². The van der Waals surface area contributed by atoms with E-state index in [-0.39, 0.29) is 11.5 Å². The van der Waals surface area contributed by atoms with E-state index < -0.39 is 0 Å². The largest absolute Gasteiger partial charge is 0.504 e. The zero-order valence-electron chi connectivity index (χ0n) is 9.51. The van der Waals surface area contributed by atoms with E-state index >= 15 is 0 Å². The van der Waals surface area contributed by atoms with Crippen LogP contribution in [0.2, 0.25) is 0 Å². The molecular weight excluding hydrogens is 236 g/mol. The summed E-state index contributed by atoms with van der Waals surface area (Å²) in [5, 5.41) is 19.4. The third-order valence-electron chi connectivity index (χ3n) is 2.25. The number of aryl methyl sites for hydroxylation is 2. The molecule has 2 N–H and O–H groups in total. The molecular formula is C12H12N2O2S. The summed E-state index contributed by atoms with van der Waals surface area (Å²) in [6.45, 7) is 3.75. The summed E-state index contributed by atoms with van der Waals surface area (Å²) >= 11 is 1.36. The molecule has 2 rings (SSSR count). The van der Waals surface area contributed by atoms with Crippen molar-refractivity contribution in [1.82, 2.24) is 9.97 Å². The maximum Gasteiger partial charge on any atom is 0.192 e. The van der Waals surface area contributed by atoms with Gasteiger partial charge >= 0.3 is 0 Å². The molecule has 0 saturated heterocycles. The quantitative estimate of drug-likeness (QED) is 0.631. The van der Waals surface area contributed by atoms with Crippen molar-refractivity contribution in [2.75, 3.05) is 0 Å². The smallest absolute Gasteiger partial charge is 0.192 e. The molecule has 0 saturated carbocycles. The molecule has 0 aliphatic rings. The van der Waals surface area contributed by atoms with Crippen LogP contribution in [0.3, 0.4) is 0 Å². The van der Waals surface area contributed by atoms with Crippen LogP contribution in [-0.4, -0.2) is 20.2 Å². The van der Waals surface area contributed by atoms with Crippen molar-refractivity contribution in [3.8, 4) is 11.5 Å². The summed E-state index contributed by atoms with van der Waals surface area (Å²) in [5.74, 6) is -0.247. The Kier molecular flexibility index (Phi) is 3.19. The first kappa shape index (κ1) is 11.7. The molecule has 1 aromatic carbocycles. The second-order valence-corrected chi connectivity index (χ2v) is 4.70. The van der Waals surface area contributed by atoms with Crippen LogP contribution in [0.25, 0.3) is 0 Å². The number of aromatic hydroxyl groups is 2. The van der Waals surface area contributed by atoms with Gasteiger partial charge in [-0.2, -0.15) is 0 Å². The van der Waals surface area contributed by atoms with Gasteiger partial charge in [0.25, 0.3) is 0 Å². The maximum atomic E-state index is 9.45. The maximum absolute atomic E-state index is 9.45. The Morgan fingerprint density at radius 3 is 2.53 bits per heavy atom. The Morgan fingerprint density at radius 1 is 1.12 bits per heavy atom. The van der Waals surface area contributed by atoms with Gasteiger partial charge in [0.05, 0.1) is 0 Å². The molecule has 5 heteroatoms. The van der Waals surface area contributed by atoms with Crippen molar-refractivity contribution in [3.63, 3.8) is 0 Å². The normalized spacial score (nSPS) is 10.5. The lowest BCUT2D eigenvalue weighted by atomic mass is 10.2. The Labute approximate surface area is 103 Å². The molecule has 0 fully saturated rings. The highest BCUT2D eigenvalue weighted by atomic mass is 32.2. The number of phenolic OH excluding ortho intramolecular Hbond substituents is 2. The van der Waals surface area contributed by atoms with Crippen molar-refractivity contribution >= 4 is 11.8 Å². The summed E-state index contributed by atoms with van der Waals surface area (Å²) in [7, 11) is 0. The van der Waals surface area contributed by atoms with E-state index in [9.17, 15) is 10.2 Å². The topological polar surface area (TPSA) is 66.2 Å². The lowest BCUT2D eigenvalue weighted by Crippen LogP contribution is -1.89. The van der Waals surface area contributed by atoms with Gasteiger partial charge in [0, 0.05) is 16.8 Å². The SMILES string of the molecule is Cc1ccnc(Sc2cc(O)c(O)cc2C)n1. The fraction of sp³-hybridized carbons (Fsp3) is 0.167. The first-order chi connectivity index (χ1) is 8.06. The standard InChI is InChI=1S/C12H12N2O2S/c1-7-5-9(15)10(16)6-11(7)17-12-13-4-3-8(2)14-12/h3-6,15-16H,1-2H3. The third-order valence-corrected chi connectivity index (χ3v) is 3.29. The lowest BCUT2D eigenvalue weighted by Gasteiger charge is -2.06. The molecule has 0 amide bonds. The summed E-state index contributed by atoms with van der Waals surface area (Å²) in [5.41, 5.74) is 1.76. The van der Waals surface area contributed by atoms with Crippen LogP contribution in [0.4, 0.5) is 0 Å². The van der Waals surface area contributed by atoms with Crippen molar-refractivity contribution in [1.29, 1.82) is 0 Å². The average molecular weight is 248 g/mol. The van der Waals surface area contributed by atoms with Crippen LogP contribution in [0.1, 0.15) is 11.3 Å². The third kappa shape index (κ3) is 2.68. The van der Waals surface area contributed by atoms with Crippen LogP contribution < -0.4 is 0 Å². The first-order valence-corrected chi connectivity index (χ1v) is 5.88. The monoisotopic (exact) mass is 248 g/mol. The van der Waals surface area contributed by atoms with Gasteiger partial charge < -0.3 is 10.2 Å². The summed E-state index contributed by atoms with van der Waals surface area (Å²) in [4.78, 5) is 9.23. The summed E-state index contributed by atoms with van der Waals surface area (Å²) in [6, 6.07) is 4.86. The van der Waals surface area contributed by atoms with Crippen molar-refractivity contribution in [3.05, 3.63) is 35.7 Å². The van der Waals surface area contributed by atoms with Crippen LogP contribution in [0.15, 0.2) is 34.4 Å². The molecule has 88 valence electrons. The van der Waals surface area contributed by atoms with E-state index in [0.29, 0.717) is 5.16 Å². The van der Waals surface area contributed by atoms with Crippen molar-refractivity contribution in [2.45, 2.75) is 23.9 Å². The lowest BCUT2D eigenvalue weighted by molar-refractivity contribution is 0.402. The van der Waals surface area contributed by atoms with E-state index in [1.54, 1.807) is 6.20 Å². The van der Waals surface area contributed by atoms with Gasteiger partial charge in [-0.25, -0.2) is 9.97 Å². The van der Waals surface area contributed by atoms with Gasteiger partial charge in [-0.3, -0.25) is 0 Å². The highest BCUT2D eigenvalue weighted by Gasteiger charge is 2.08. The molecule has 0 atom stereocenters. The molecule has 0 aliphatic heterocycles. The minimum Gasteiger partial charge on any atom is -0.504 e. The van der Waals surface area contributed by atoms with Gasteiger partial charge in [0.1, 0.15) is 0 Å². The Morgan fingerprint density at radius 2 is 1.82 bits per heavy atom. The number of nitrogens with zero attached hydrogens (tertiary/aromatic N) is 2. The predicted octanol–water partition coefficient (Wildman–Crippen LogP) is 2.66. The number of hydrogen-bond acceptors (Lipinski definition) is 5. The Hall–Kier alpha value is -1.75. The minimum atomic E-state index is -0.134. The van der Waals surface area contributed by atoms with E-state index in [4.69, 9.17) is 0 Å². The highest BCUT2D eigenvalue weighted by molar-refractivity contribution is 7.99. The molecule has 17 heavy (non-hydrogen) atoms. The molecule has 0 spiro atoms. The fourth-order valence-corrected chi connectivity index (χ4v) is 2.24. The predicted molar refractivity (Wildman–Crippen MR) is 65.4 cm³/mol.